The monoisotopic (exact) mass is 785 g/mol. The fourth-order valence-corrected chi connectivity index (χ4v) is 8.78. The first kappa shape index (κ1) is 33.5. The van der Waals surface area contributed by atoms with Gasteiger partial charge in [0.15, 0.2) is 0 Å². The third-order valence-corrected chi connectivity index (χ3v) is 11.7. The number of hydrogen-bond donors (Lipinski definition) is 0. The fourth-order valence-electron chi connectivity index (χ4n) is 8.78. The zero-order chi connectivity index (χ0) is 40.0. The van der Waals surface area contributed by atoms with Crippen molar-refractivity contribution in [1.29, 1.82) is 0 Å². The highest BCUT2D eigenvalue weighted by molar-refractivity contribution is 6.08. The Morgan fingerprint density at radius 3 is 1.43 bits per heavy atom. The van der Waals surface area contributed by atoms with Crippen LogP contribution < -0.4 is 9.80 Å². The lowest BCUT2D eigenvalue weighted by molar-refractivity contribution is 0.654. The normalized spacial score (nSPS) is 11.9. The zero-order valence-electron chi connectivity index (χ0n) is 32.4. The predicted molar refractivity (Wildman–Crippen MR) is 246 cm³/mol. The third-order valence-electron chi connectivity index (χ3n) is 11.7. The number of nitrogens with zero attached hydrogens (tertiary/aromatic N) is 5. The summed E-state index contributed by atoms with van der Waals surface area (Å²) in [4.78, 5) is 19.5. The second kappa shape index (κ2) is 13.0. The number of anilines is 6. The highest BCUT2D eigenvalue weighted by Gasteiger charge is 2.22. The first-order valence-corrected chi connectivity index (χ1v) is 20.2. The second-order valence-electron chi connectivity index (χ2n) is 15.3. The molecule has 0 spiro atoms. The standard InChI is InChI=1S/C53H31N5O3/c1-3-11-34-27-36(19-17-32(34)9-1)57(49-25-23-42-39-13-5-7-15-45(39)60-52(42)55-49)38-21-22-41-44-31-54-51(30-48(44)59-47(41)29-38)58(37-20-18-33-10-2-4-12-35(33)28-37)50-26-24-43-40-14-6-8-16-46(40)61-53(43)56-50/h1-31H. The molecule has 0 saturated carbocycles. The summed E-state index contributed by atoms with van der Waals surface area (Å²) >= 11 is 0. The van der Waals surface area contributed by atoms with Gasteiger partial charge >= 0.3 is 0 Å². The average molecular weight is 786 g/mol. The molecule has 0 aliphatic rings. The summed E-state index contributed by atoms with van der Waals surface area (Å²) in [7, 11) is 0. The molecular weight excluding hydrogens is 755 g/mol. The molecule has 8 nitrogen and oxygen atoms in total. The lowest BCUT2D eigenvalue weighted by atomic mass is 10.1. The quantitative estimate of drug-likeness (QED) is 0.165. The van der Waals surface area contributed by atoms with Crippen LogP contribution in [0.25, 0.3) is 87.6 Å². The number of aromatic nitrogens is 3. The first-order chi connectivity index (χ1) is 30.2. The zero-order valence-corrected chi connectivity index (χ0v) is 32.4. The van der Waals surface area contributed by atoms with Gasteiger partial charge in [-0.1, -0.05) is 97.1 Å². The van der Waals surface area contributed by atoms with Gasteiger partial charge in [-0.05, 0) is 94.3 Å². The highest BCUT2D eigenvalue weighted by Crippen LogP contribution is 2.42. The van der Waals surface area contributed by atoms with Gasteiger partial charge in [0, 0.05) is 62.0 Å². The summed E-state index contributed by atoms with van der Waals surface area (Å²) in [6.45, 7) is 0. The molecule has 0 amide bonds. The van der Waals surface area contributed by atoms with E-state index in [1.165, 1.54) is 0 Å². The van der Waals surface area contributed by atoms with E-state index in [0.29, 0.717) is 28.6 Å². The summed E-state index contributed by atoms with van der Waals surface area (Å²) < 4.78 is 19.3. The molecule has 0 unspecified atom stereocenters. The van der Waals surface area contributed by atoms with E-state index >= 15 is 0 Å². The van der Waals surface area contributed by atoms with Crippen LogP contribution in [0.3, 0.4) is 0 Å². The summed E-state index contributed by atoms with van der Waals surface area (Å²) in [6.07, 6.45) is 1.89. The fraction of sp³-hybridized carbons (Fsp3) is 0. The minimum absolute atomic E-state index is 0.562. The van der Waals surface area contributed by atoms with Crippen molar-refractivity contribution in [3.05, 3.63) is 188 Å². The number of furan rings is 3. The summed E-state index contributed by atoms with van der Waals surface area (Å²) in [5.41, 5.74) is 6.93. The lowest BCUT2D eigenvalue weighted by Crippen LogP contribution is -2.13. The maximum Gasteiger partial charge on any atom is 0.229 e. The maximum absolute atomic E-state index is 6.77. The Morgan fingerprint density at radius 2 is 0.787 bits per heavy atom. The van der Waals surface area contributed by atoms with Crippen molar-refractivity contribution < 1.29 is 13.3 Å². The van der Waals surface area contributed by atoms with Crippen LogP contribution in [0.1, 0.15) is 0 Å². The second-order valence-corrected chi connectivity index (χ2v) is 15.3. The summed E-state index contributed by atoms with van der Waals surface area (Å²) in [6, 6.07) is 62.1. The predicted octanol–water partition coefficient (Wildman–Crippen LogP) is 14.8. The van der Waals surface area contributed by atoms with Crippen LogP contribution in [0.5, 0.6) is 0 Å². The number of para-hydroxylation sites is 2. The molecule has 0 aliphatic carbocycles. The third kappa shape index (κ3) is 5.36. The van der Waals surface area contributed by atoms with Gasteiger partial charge in [0.2, 0.25) is 11.4 Å². The molecule has 13 rings (SSSR count). The molecule has 0 radical (unpaired) electrons. The highest BCUT2D eigenvalue weighted by atomic mass is 16.3. The van der Waals surface area contributed by atoms with Crippen LogP contribution >= 0.6 is 0 Å². The number of rotatable bonds is 6. The number of benzene rings is 7. The molecule has 8 heteroatoms. The molecule has 0 aliphatic heterocycles. The van der Waals surface area contributed by atoms with Gasteiger partial charge in [0.25, 0.3) is 0 Å². The Hall–Kier alpha value is -8.49. The molecule has 286 valence electrons. The van der Waals surface area contributed by atoms with E-state index in [2.05, 4.69) is 143 Å². The van der Waals surface area contributed by atoms with E-state index in [1.807, 2.05) is 54.7 Å². The van der Waals surface area contributed by atoms with E-state index in [1.54, 1.807) is 0 Å². The first-order valence-electron chi connectivity index (χ1n) is 20.2. The van der Waals surface area contributed by atoms with Crippen molar-refractivity contribution in [2.75, 3.05) is 9.80 Å². The Bertz CT molecular complexity index is 3630. The van der Waals surface area contributed by atoms with Crippen LogP contribution in [0, 0.1) is 0 Å². The van der Waals surface area contributed by atoms with E-state index in [0.717, 1.165) is 93.5 Å². The largest absolute Gasteiger partial charge is 0.456 e. The van der Waals surface area contributed by atoms with Crippen LogP contribution in [0.2, 0.25) is 0 Å². The Morgan fingerprint density at radius 1 is 0.311 bits per heavy atom. The van der Waals surface area contributed by atoms with Crippen molar-refractivity contribution in [3.63, 3.8) is 0 Å². The average Bonchev–Trinajstić information content (AvgIpc) is 3.99. The van der Waals surface area contributed by atoms with E-state index in [-0.39, 0.29) is 0 Å². The van der Waals surface area contributed by atoms with Crippen molar-refractivity contribution in [2.45, 2.75) is 0 Å². The Balaban J connectivity index is 0.961. The number of hydrogen-bond acceptors (Lipinski definition) is 8. The topological polar surface area (TPSA) is 84.6 Å². The Kier molecular flexibility index (Phi) is 7.14. The van der Waals surface area contributed by atoms with Gasteiger partial charge < -0.3 is 13.3 Å². The van der Waals surface area contributed by atoms with E-state index in [9.17, 15) is 0 Å². The van der Waals surface area contributed by atoms with Crippen LogP contribution in [0.15, 0.2) is 201 Å². The minimum Gasteiger partial charge on any atom is -0.456 e. The molecule has 6 heterocycles. The lowest BCUT2D eigenvalue weighted by Gasteiger charge is -2.24. The SMILES string of the molecule is c1ccc2cc(N(c3ccc4c(c3)oc3cc(N(c5ccc6ccccc6c5)c5ccc6c(n5)oc5ccccc56)ncc34)c3ccc4c(n3)oc3ccccc34)ccc2c1. The number of fused-ring (bicyclic) bond motifs is 11. The molecule has 13 aromatic rings. The molecule has 0 N–H and O–H groups in total. The van der Waals surface area contributed by atoms with E-state index in [4.69, 9.17) is 28.2 Å². The molecular formula is C53H31N5O3. The molecule has 0 fully saturated rings. The van der Waals surface area contributed by atoms with Gasteiger partial charge in [0.1, 0.15) is 39.8 Å². The van der Waals surface area contributed by atoms with Gasteiger partial charge in [0.05, 0.1) is 5.69 Å². The number of pyridine rings is 3. The summed E-state index contributed by atoms with van der Waals surface area (Å²) in [5.74, 6) is 2.05. The van der Waals surface area contributed by atoms with Gasteiger partial charge in [-0.15, -0.1) is 0 Å². The Labute approximate surface area is 347 Å². The van der Waals surface area contributed by atoms with Gasteiger partial charge in [-0.3, -0.25) is 9.80 Å². The van der Waals surface area contributed by atoms with Crippen LogP contribution in [-0.4, -0.2) is 15.0 Å². The maximum atomic E-state index is 6.77. The van der Waals surface area contributed by atoms with Crippen molar-refractivity contribution in [3.8, 4) is 0 Å². The smallest absolute Gasteiger partial charge is 0.229 e. The van der Waals surface area contributed by atoms with Crippen molar-refractivity contribution in [1.82, 2.24) is 15.0 Å². The van der Waals surface area contributed by atoms with Crippen LogP contribution in [0.4, 0.5) is 34.5 Å². The van der Waals surface area contributed by atoms with Crippen LogP contribution in [-0.2, 0) is 0 Å². The van der Waals surface area contributed by atoms with Crippen molar-refractivity contribution in [2.24, 2.45) is 0 Å². The molecule has 6 aromatic heterocycles. The molecule has 7 aromatic carbocycles. The van der Waals surface area contributed by atoms with Gasteiger partial charge in [-0.2, -0.15) is 9.97 Å². The molecule has 0 atom stereocenters. The van der Waals surface area contributed by atoms with Crippen molar-refractivity contribution >= 4 is 122 Å². The van der Waals surface area contributed by atoms with E-state index < -0.39 is 0 Å². The summed E-state index contributed by atoms with van der Waals surface area (Å²) in [5, 5.41) is 10.4. The molecule has 61 heavy (non-hydrogen) atoms. The molecule has 0 saturated heterocycles. The molecule has 0 bridgehead atoms. The van der Waals surface area contributed by atoms with Gasteiger partial charge in [-0.25, -0.2) is 4.98 Å². The minimum atomic E-state index is 0.562.